The molecule has 0 atom stereocenters. The molecular weight excluding hydrogens is 174 g/mol. The Hall–Kier alpha value is -1.02. The standard InChI is InChI=1S/C12H19NO/c1-3-8-13-9-10-14-12-6-4-11(2)5-7-12/h4-7,13H,3,8-10H2,1-2H3. The molecular formula is C12H19NO. The van der Waals surface area contributed by atoms with Crippen molar-refractivity contribution in [2.24, 2.45) is 0 Å². The molecule has 78 valence electrons. The van der Waals surface area contributed by atoms with Crippen LogP contribution in [0.25, 0.3) is 0 Å². The molecule has 2 nitrogen and oxygen atoms in total. The zero-order valence-corrected chi connectivity index (χ0v) is 9.05. The molecule has 0 fully saturated rings. The van der Waals surface area contributed by atoms with Gasteiger partial charge in [-0.2, -0.15) is 0 Å². The van der Waals surface area contributed by atoms with Crippen LogP contribution in [-0.4, -0.2) is 19.7 Å². The van der Waals surface area contributed by atoms with Gasteiger partial charge in [-0.25, -0.2) is 0 Å². The Kier molecular flexibility index (Phi) is 5.08. The van der Waals surface area contributed by atoms with Crippen LogP contribution in [0.1, 0.15) is 18.9 Å². The highest BCUT2D eigenvalue weighted by molar-refractivity contribution is 5.26. The molecule has 0 amide bonds. The average molecular weight is 193 g/mol. The van der Waals surface area contributed by atoms with Gasteiger partial charge in [0.1, 0.15) is 12.4 Å². The summed E-state index contributed by atoms with van der Waals surface area (Å²) in [5, 5.41) is 3.29. The first kappa shape index (κ1) is 11.1. The molecule has 0 aliphatic carbocycles. The number of aryl methyl sites for hydroxylation is 1. The highest BCUT2D eigenvalue weighted by Gasteiger charge is 1.91. The van der Waals surface area contributed by atoms with Gasteiger partial charge in [0, 0.05) is 6.54 Å². The Bertz CT molecular complexity index is 243. The minimum atomic E-state index is 0.739. The van der Waals surface area contributed by atoms with Crippen molar-refractivity contribution in [3.8, 4) is 5.75 Å². The minimum Gasteiger partial charge on any atom is -0.492 e. The van der Waals surface area contributed by atoms with Crippen LogP contribution >= 0.6 is 0 Å². The molecule has 0 aliphatic rings. The van der Waals surface area contributed by atoms with Gasteiger partial charge in [0.05, 0.1) is 0 Å². The van der Waals surface area contributed by atoms with Gasteiger partial charge in [-0.15, -0.1) is 0 Å². The second-order valence-electron chi connectivity index (χ2n) is 3.41. The maximum atomic E-state index is 5.55. The molecule has 1 aromatic carbocycles. The van der Waals surface area contributed by atoms with Crippen molar-refractivity contribution >= 4 is 0 Å². The third kappa shape index (κ3) is 4.28. The van der Waals surface area contributed by atoms with Gasteiger partial charge in [-0.3, -0.25) is 0 Å². The molecule has 1 aromatic rings. The molecule has 0 saturated heterocycles. The van der Waals surface area contributed by atoms with E-state index in [0.29, 0.717) is 0 Å². The summed E-state index contributed by atoms with van der Waals surface area (Å²) < 4.78 is 5.55. The molecule has 0 radical (unpaired) electrons. The van der Waals surface area contributed by atoms with E-state index in [9.17, 15) is 0 Å². The summed E-state index contributed by atoms with van der Waals surface area (Å²) >= 11 is 0. The summed E-state index contributed by atoms with van der Waals surface area (Å²) in [6, 6.07) is 8.15. The monoisotopic (exact) mass is 193 g/mol. The first-order chi connectivity index (χ1) is 6.83. The van der Waals surface area contributed by atoms with Crippen LogP contribution in [0.15, 0.2) is 24.3 Å². The number of hydrogen-bond donors (Lipinski definition) is 1. The molecule has 1 N–H and O–H groups in total. The van der Waals surface area contributed by atoms with E-state index in [-0.39, 0.29) is 0 Å². The van der Waals surface area contributed by atoms with Gasteiger partial charge in [0.15, 0.2) is 0 Å². The Morgan fingerprint density at radius 3 is 2.50 bits per heavy atom. The first-order valence-electron chi connectivity index (χ1n) is 5.23. The van der Waals surface area contributed by atoms with Crippen molar-refractivity contribution in [2.75, 3.05) is 19.7 Å². The van der Waals surface area contributed by atoms with E-state index in [1.54, 1.807) is 0 Å². The molecule has 0 bridgehead atoms. The summed E-state index contributed by atoms with van der Waals surface area (Å²) in [4.78, 5) is 0. The highest BCUT2D eigenvalue weighted by atomic mass is 16.5. The largest absolute Gasteiger partial charge is 0.492 e. The van der Waals surface area contributed by atoms with Crippen molar-refractivity contribution in [3.63, 3.8) is 0 Å². The number of rotatable bonds is 6. The zero-order chi connectivity index (χ0) is 10.2. The minimum absolute atomic E-state index is 0.739. The van der Waals surface area contributed by atoms with Gasteiger partial charge in [-0.1, -0.05) is 24.6 Å². The maximum absolute atomic E-state index is 5.55. The van der Waals surface area contributed by atoms with E-state index < -0.39 is 0 Å². The van der Waals surface area contributed by atoms with Gasteiger partial charge in [0.2, 0.25) is 0 Å². The van der Waals surface area contributed by atoms with Crippen molar-refractivity contribution in [3.05, 3.63) is 29.8 Å². The number of benzene rings is 1. The maximum Gasteiger partial charge on any atom is 0.119 e. The Balaban J connectivity index is 2.15. The number of hydrogen-bond acceptors (Lipinski definition) is 2. The third-order valence-corrected chi connectivity index (χ3v) is 2.00. The van der Waals surface area contributed by atoms with Crippen LogP contribution in [0.3, 0.4) is 0 Å². The van der Waals surface area contributed by atoms with Gasteiger partial charge in [-0.05, 0) is 32.0 Å². The summed E-state index contributed by atoms with van der Waals surface area (Å²) in [6.45, 7) is 6.96. The number of nitrogens with one attached hydrogen (secondary N) is 1. The van der Waals surface area contributed by atoms with Gasteiger partial charge in [0.25, 0.3) is 0 Å². The lowest BCUT2D eigenvalue weighted by atomic mass is 10.2. The van der Waals surface area contributed by atoms with Crippen molar-refractivity contribution in [2.45, 2.75) is 20.3 Å². The third-order valence-electron chi connectivity index (χ3n) is 2.00. The van der Waals surface area contributed by atoms with E-state index in [1.165, 1.54) is 12.0 Å². The van der Waals surface area contributed by atoms with Crippen LogP contribution in [-0.2, 0) is 0 Å². The fourth-order valence-corrected chi connectivity index (χ4v) is 1.18. The van der Waals surface area contributed by atoms with Crippen LogP contribution in [0.2, 0.25) is 0 Å². The lowest BCUT2D eigenvalue weighted by Gasteiger charge is -2.06. The zero-order valence-electron chi connectivity index (χ0n) is 9.05. The second kappa shape index (κ2) is 6.44. The lowest BCUT2D eigenvalue weighted by molar-refractivity contribution is 0.314. The van der Waals surface area contributed by atoms with Crippen LogP contribution in [0.5, 0.6) is 5.75 Å². The van der Waals surface area contributed by atoms with Crippen molar-refractivity contribution in [1.82, 2.24) is 5.32 Å². The fraction of sp³-hybridized carbons (Fsp3) is 0.500. The predicted octanol–water partition coefficient (Wildman–Crippen LogP) is 2.37. The molecule has 2 heteroatoms. The SMILES string of the molecule is CCCNCCOc1ccc(C)cc1. The molecule has 0 heterocycles. The molecule has 0 unspecified atom stereocenters. The lowest BCUT2D eigenvalue weighted by Crippen LogP contribution is -2.21. The Morgan fingerprint density at radius 2 is 1.86 bits per heavy atom. The average Bonchev–Trinajstić information content (AvgIpc) is 2.21. The van der Waals surface area contributed by atoms with Crippen molar-refractivity contribution in [1.29, 1.82) is 0 Å². The molecule has 0 saturated carbocycles. The quantitative estimate of drug-likeness (QED) is 0.700. The van der Waals surface area contributed by atoms with E-state index in [4.69, 9.17) is 4.74 Å². The van der Waals surface area contributed by atoms with Gasteiger partial charge < -0.3 is 10.1 Å². The summed E-state index contributed by atoms with van der Waals surface area (Å²) in [7, 11) is 0. The van der Waals surface area contributed by atoms with E-state index in [2.05, 4.69) is 31.3 Å². The fourth-order valence-electron chi connectivity index (χ4n) is 1.18. The van der Waals surface area contributed by atoms with Crippen LogP contribution in [0, 0.1) is 6.92 Å². The Labute approximate surface area is 86.3 Å². The number of ether oxygens (including phenoxy) is 1. The second-order valence-corrected chi connectivity index (χ2v) is 3.41. The van der Waals surface area contributed by atoms with Crippen LogP contribution in [0.4, 0.5) is 0 Å². The van der Waals surface area contributed by atoms with Gasteiger partial charge >= 0.3 is 0 Å². The Morgan fingerprint density at radius 1 is 1.14 bits per heavy atom. The van der Waals surface area contributed by atoms with Crippen molar-refractivity contribution < 1.29 is 4.74 Å². The predicted molar refractivity (Wildman–Crippen MR) is 59.8 cm³/mol. The summed E-state index contributed by atoms with van der Waals surface area (Å²) in [6.07, 6.45) is 1.17. The van der Waals surface area contributed by atoms with E-state index >= 15 is 0 Å². The topological polar surface area (TPSA) is 21.3 Å². The molecule has 0 aliphatic heterocycles. The molecule has 14 heavy (non-hydrogen) atoms. The normalized spacial score (nSPS) is 10.1. The summed E-state index contributed by atoms with van der Waals surface area (Å²) in [5.74, 6) is 0.953. The molecule has 1 rings (SSSR count). The highest BCUT2D eigenvalue weighted by Crippen LogP contribution is 2.10. The smallest absolute Gasteiger partial charge is 0.119 e. The van der Waals surface area contributed by atoms with E-state index in [1.807, 2.05) is 12.1 Å². The van der Waals surface area contributed by atoms with Crippen LogP contribution < -0.4 is 10.1 Å². The first-order valence-corrected chi connectivity index (χ1v) is 5.23. The molecule has 0 spiro atoms. The van der Waals surface area contributed by atoms with E-state index in [0.717, 1.165) is 25.4 Å². The summed E-state index contributed by atoms with van der Waals surface area (Å²) in [5.41, 5.74) is 1.27. The molecule has 0 aromatic heterocycles.